The first-order valence-electron chi connectivity index (χ1n) is 6.06. The first kappa shape index (κ1) is 12.2. The summed E-state index contributed by atoms with van der Waals surface area (Å²) in [7, 11) is 0. The van der Waals surface area contributed by atoms with Crippen LogP contribution in [0.5, 0.6) is 0 Å². The van der Waals surface area contributed by atoms with Gasteiger partial charge in [-0.05, 0) is 11.6 Å². The van der Waals surface area contributed by atoms with Gasteiger partial charge in [0.25, 0.3) is 11.6 Å². The molecule has 0 bridgehead atoms. The Morgan fingerprint density at radius 3 is 2.50 bits per heavy atom. The van der Waals surface area contributed by atoms with Crippen LogP contribution in [0.3, 0.4) is 0 Å². The van der Waals surface area contributed by atoms with E-state index in [0.717, 1.165) is 5.56 Å². The third kappa shape index (κ3) is 2.07. The van der Waals surface area contributed by atoms with Crippen LogP contribution >= 0.6 is 0 Å². The number of rotatable bonds is 2. The van der Waals surface area contributed by atoms with E-state index in [2.05, 4.69) is 10.6 Å². The summed E-state index contributed by atoms with van der Waals surface area (Å²) < 4.78 is 0. The fourth-order valence-electron chi connectivity index (χ4n) is 2.17. The lowest BCUT2D eigenvalue weighted by Crippen LogP contribution is -2.38. The van der Waals surface area contributed by atoms with Gasteiger partial charge in [0, 0.05) is 17.8 Å². The molecular weight excluding hydrogens is 258 g/mol. The highest BCUT2D eigenvalue weighted by atomic mass is 16.6. The van der Waals surface area contributed by atoms with Crippen LogP contribution in [0, 0.1) is 10.1 Å². The number of fused-ring (bicyclic) bond motifs is 1. The molecule has 0 aromatic heterocycles. The fraction of sp³-hybridized carbons (Fsp3) is 0.0714. The molecule has 1 aliphatic heterocycles. The predicted molar refractivity (Wildman–Crippen MR) is 73.4 cm³/mol. The zero-order valence-corrected chi connectivity index (χ0v) is 10.4. The van der Waals surface area contributed by atoms with E-state index in [0.29, 0.717) is 5.69 Å². The second-order valence-electron chi connectivity index (χ2n) is 4.45. The van der Waals surface area contributed by atoms with Crippen molar-refractivity contribution in [3.63, 3.8) is 0 Å². The summed E-state index contributed by atoms with van der Waals surface area (Å²) in [6.45, 7) is 0. The molecule has 1 aliphatic rings. The van der Waals surface area contributed by atoms with E-state index in [9.17, 15) is 14.9 Å². The lowest BCUT2D eigenvalue weighted by atomic mass is 10.1. The maximum absolute atomic E-state index is 12.1. The molecule has 0 fully saturated rings. The number of nitro benzene ring substituents is 1. The van der Waals surface area contributed by atoms with E-state index in [-0.39, 0.29) is 23.3 Å². The number of hydrogen-bond acceptors (Lipinski definition) is 4. The zero-order valence-electron chi connectivity index (χ0n) is 10.4. The molecule has 6 heteroatoms. The smallest absolute Gasteiger partial charge is 0.270 e. The van der Waals surface area contributed by atoms with Crippen LogP contribution < -0.4 is 10.6 Å². The third-order valence-corrected chi connectivity index (χ3v) is 3.17. The average Bonchev–Trinajstić information content (AvgIpc) is 2.47. The minimum atomic E-state index is -0.517. The van der Waals surface area contributed by atoms with Crippen molar-refractivity contribution >= 4 is 17.3 Å². The van der Waals surface area contributed by atoms with Crippen molar-refractivity contribution in [2.45, 2.75) is 6.17 Å². The minimum Gasteiger partial charge on any atom is -0.361 e. The van der Waals surface area contributed by atoms with E-state index >= 15 is 0 Å². The van der Waals surface area contributed by atoms with Crippen LogP contribution in [-0.2, 0) is 0 Å². The molecule has 0 spiro atoms. The molecule has 2 aromatic rings. The molecule has 3 rings (SSSR count). The summed E-state index contributed by atoms with van der Waals surface area (Å²) in [5.41, 5.74) is 1.70. The van der Waals surface area contributed by atoms with Gasteiger partial charge in [0.05, 0.1) is 10.5 Å². The van der Waals surface area contributed by atoms with Gasteiger partial charge in [0.15, 0.2) is 0 Å². The van der Waals surface area contributed by atoms with Crippen molar-refractivity contribution in [1.82, 2.24) is 5.32 Å². The summed E-state index contributed by atoms with van der Waals surface area (Å²) in [4.78, 5) is 22.3. The van der Waals surface area contributed by atoms with Crippen molar-refractivity contribution in [2.24, 2.45) is 0 Å². The number of nitrogens with zero attached hydrogens (tertiary/aromatic N) is 1. The van der Waals surface area contributed by atoms with Crippen LogP contribution in [-0.4, -0.2) is 10.8 Å². The Kier molecular flexibility index (Phi) is 2.83. The second kappa shape index (κ2) is 4.65. The van der Waals surface area contributed by atoms with Crippen LogP contribution in [0.15, 0.2) is 48.5 Å². The van der Waals surface area contributed by atoms with Gasteiger partial charge >= 0.3 is 0 Å². The van der Waals surface area contributed by atoms with E-state index in [1.54, 1.807) is 6.07 Å². The number of hydrogen-bond donors (Lipinski definition) is 2. The van der Waals surface area contributed by atoms with Crippen molar-refractivity contribution < 1.29 is 9.72 Å². The van der Waals surface area contributed by atoms with Crippen LogP contribution in [0.25, 0.3) is 0 Å². The number of nitrogens with one attached hydrogen (secondary N) is 2. The number of benzene rings is 2. The highest BCUT2D eigenvalue weighted by Gasteiger charge is 2.26. The molecule has 0 saturated heterocycles. The van der Waals surface area contributed by atoms with Gasteiger partial charge in [-0.1, -0.05) is 30.3 Å². The number of anilines is 1. The van der Waals surface area contributed by atoms with Gasteiger partial charge in [-0.25, -0.2) is 0 Å². The Hall–Kier alpha value is -2.89. The van der Waals surface area contributed by atoms with Gasteiger partial charge in [-0.15, -0.1) is 0 Å². The van der Waals surface area contributed by atoms with Crippen LogP contribution in [0.1, 0.15) is 22.1 Å². The molecule has 6 nitrogen and oxygen atoms in total. The van der Waals surface area contributed by atoms with Crippen molar-refractivity contribution in [1.29, 1.82) is 0 Å². The Balaban J connectivity index is 1.96. The SMILES string of the molecule is O=C1NC(c2ccccc2)Nc2ccc([N+](=O)[O-])cc21. The largest absolute Gasteiger partial charge is 0.361 e. The Morgan fingerprint density at radius 1 is 1.05 bits per heavy atom. The summed E-state index contributed by atoms with van der Waals surface area (Å²) in [6.07, 6.45) is -0.336. The Bertz CT molecular complexity index is 685. The molecular formula is C14H11N3O3. The highest BCUT2D eigenvalue weighted by Crippen LogP contribution is 2.29. The molecule has 0 saturated carbocycles. The normalized spacial score (nSPS) is 16.8. The zero-order chi connectivity index (χ0) is 14.1. The summed E-state index contributed by atoms with van der Waals surface area (Å²) in [5, 5.41) is 16.7. The maximum atomic E-state index is 12.1. The lowest BCUT2D eigenvalue weighted by molar-refractivity contribution is -0.384. The number of non-ortho nitro benzene ring substituents is 1. The van der Waals surface area contributed by atoms with Crippen LogP contribution in [0.4, 0.5) is 11.4 Å². The lowest BCUT2D eigenvalue weighted by Gasteiger charge is -2.27. The van der Waals surface area contributed by atoms with Crippen molar-refractivity contribution in [3.8, 4) is 0 Å². The van der Waals surface area contributed by atoms with E-state index < -0.39 is 4.92 Å². The Labute approximate surface area is 114 Å². The summed E-state index contributed by atoms with van der Waals surface area (Å²) >= 11 is 0. The first-order valence-corrected chi connectivity index (χ1v) is 6.06. The molecule has 1 amide bonds. The monoisotopic (exact) mass is 269 g/mol. The quantitative estimate of drug-likeness (QED) is 0.647. The third-order valence-electron chi connectivity index (χ3n) is 3.17. The average molecular weight is 269 g/mol. The molecule has 100 valence electrons. The van der Waals surface area contributed by atoms with Gasteiger partial charge in [0.1, 0.15) is 6.17 Å². The fourth-order valence-corrected chi connectivity index (χ4v) is 2.17. The van der Waals surface area contributed by atoms with E-state index in [4.69, 9.17) is 0 Å². The first-order chi connectivity index (χ1) is 9.65. The van der Waals surface area contributed by atoms with Crippen LogP contribution in [0.2, 0.25) is 0 Å². The molecule has 20 heavy (non-hydrogen) atoms. The molecule has 1 atom stereocenters. The standard InChI is InChI=1S/C14H11N3O3/c18-14-11-8-10(17(19)20)6-7-12(11)15-13(16-14)9-4-2-1-3-5-9/h1-8,13,15H,(H,16,18). The number of nitro groups is 1. The summed E-state index contributed by atoms with van der Waals surface area (Å²) in [5.74, 6) is -0.323. The molecule has 1 heterocycles. The Morgan fingerprint density at radius 2 is 1.80 bits per heavy atom. The molecule has 1 unspecified atom stereocenters. The highest BCUT2D eigenvalue weighted by molar-refractivity contribution is 6.02. The molecule has 2 aromatic carbocycles. The van der Waals surface area contributed by atoms with Gasteiger partial charge in [-0.3, -0.25) is 14.9 Å². The molecule has 2 N–H and O–H groups in total. The topological polar surface area (TPSA) is 84.3 Å². The van der Waals surface area contributed by atoms with E-state index in [1.807, 2.05) is 30.3 Å². The summed E-state index contributed by atoms with van der Waals surface area (Å²) in [6, 6.07) is 13.7. The number of amides is 1. The van der Waals surface area contributed by atoms with Gasteiger partial charge in [-0.2, -0.15) is 0 Å². The number of carbonyl (C=O) groups is 1. The van der Waals surface area contributed by atoms with Crippen molar-refractivity contribution in [2.75, 3.05) is 5.32 Å². The maximum Gasteiger partial charge on any atom is 0.270 e. The van der Waals surface area contributed by atoms with Gasteiger partial charge < -0.3 is 10.6 Å². The van der Waals surface area contributed by atoms with E-state index in [1.165, 1.54) is 12.1 Å². The minimum absolute atomic E-state index is 0.0983. The predicted octanol–water partition coefficient (Wildman–Crippen LogP) is 2.45. The van der Waals surface area contributed by atoms with Gasteiger partial charge in [0.2, 0.25) is 0 Å². The molecule has 0 aliphatic carbocycles. The molecule has 0 radical (unpaired) electrons. The van der Waals surface area contributed by atoms with Crippen molar-refractivity contribution in [3.05, 3.63) is 69.8 Å². The number of carbonyl (C=O) groups excluding carboxylic acids is 1. The second-order valence-corrected chi connectivity index (χ2v) is 4.45.